The van der Waals surface area contributed by atoms with Crippen molar-refractivity contribution in [2.45, 2.75) is 46.5 Å². The van der Waals surface area contributed by atoms with Gasteiger partial charge in [0.1, 0.15) is 0 Å². The van der Waals surface area contributed by atoms with E-state index in [9.17, 15) is 4.79 Å². The van der Waals surface area contributed by atoms with Crippen LogP contribution in [0.1, 0.15) is 46.5 Å². The predicted molar refractivity (Wildman–Crippen MR) is 98.9 cm³/mol. The lowest BCUT2D eigenvalue weighted by molar-refractivity contribution is -0.131. The lowest BCUT2D eigenvalue weighted by Gasteiger charge is -2.57. The molecular weight excluding hydrogens is 298 g/mol. The molecule has 3 aliphatic carbocycles. The zero-order valence-corrected chi connectivity index (χ0v) is 15.8. The fourth-order valence-electron chi connectivity index (χ4n) is 4.74. The number of allylic oxidation sites excluding steroid dienone is 1. The summed E-state index contributed by atoms with van der Waals surface area (Å²) in [5.74, 6) is 1.91. The van der Waals surface area contributed by atoms with Gasteiger partial charge < -0.3 is 10.2 Å². The van der Waals surface area contributed by atoms with E-state index in [1.807, 2.05) is 0 Å². The maximum absolute atomic E-state index is 12.6. The highest BCUT2D eigenvalue weighted by molar-refractivity contribution is 5.76. The largest absolute Gasteiger partial charge is 0.337 e. The molecule has 4 aliphatic rings. The van der Waals surface area contributed by atoms with Gasteiger partial charge >= 0.3 is 0 Å². The van der Waals surface area contributed by atoms with E-state index in [1.165, 1.54) is 18.4 Å². The van der Waals surface area contributed by atoms with E-state index in [2.05, 4.69) is 42.0 Å². The number of piperazine rings is 1. The molecule has 1 heterocycles. The van der Waals surface area contributed by atoms with Gasteiger partial charge in [0.2, 0.25) is 5.91 Å². The first kappa shape index (κ1) is 17.9. The third kappa shape index (κ3) is 3.70. The highest BCUT2D eigenvalue weighted by atomic mass is 16.2. The molecule has 24 heavy (non-hydrogen) atoms. The highest BCUT2D eigenvalue weighted by Gasteiger charge is 2.51. The number of amides is 1. The molecule has 0 aromatic heterocycles. The second-order valence-corrected chi connectivity index (χ2v) is 8.48. The Balaban J connectivity index is 1.59. The molecule has 2 fully saturated rings. The first-order valence-corrected chi connectivity index (χ1v) is 9.92. The van der Waals surface area contributed by atoms with Crippen molar-refractivity contribution >= 4 is 5.91 Å². The summed E-state index contributed by atoms with van der Waals surface area (Å²) < 4.78 is 0. The van der Waals surface area contributed by atoms with Crippen LogP contribution < -0.4 is 5.32 Å². The quantitative estimate of drug-likeness (QED) is 0.727. The number of fused-ring (bicyclic) bond motifs is 1. The number of carbonyl (C=O) groups is 1. The topological polar surface area (TPSA) is 35.6 Å². The summed E-state index contributed by atoms with van der Waals surface area (Å²) in [7, 11) is 0. The first-order valence-electron chi connectivity index (χ1n) is 9.92. The molecule has 1 amide bonds. The maximum Gasteiger partial charge on any atom is 0.222 e. The highest BCUT2D eigenvalue weighted by Crippen LogP contribution is 2.59. The normalized spacial score (nSPS) is 28.9. The molecule has 0 spiro atoms. The van der Waals surface area contributed by atoms with Gasteiger partial charge in [0.15, 0.2) is 0 Å². The minimum atomic E-state index is 0.341. The lowest BCUT2D eigenvalue weighted by atomic mass is 9.49. The monoisotopic (exact) mass is 333 g/mol. The SMILES string of the molecule is CCCC(=O)N(CCN1CCNCC1)CC1=CCC2CC1C2(C)C. The number of nitrogens with one attached hydrogen (secondary N) is 1. The molecule has 136 valence electrons. The van der Waals surface area contributed by atoms with Crippen molar-refractivity contribution in [3.05, 3.63) is 11.6 Å². The average Bonchev–Trinajstić information content (AvgIpc) is 2.59. The molecule has 2 bridgehead atoms. The molecule has 1 aliphatic heterocycles. The van der Waals surface area contributed by atoms with Gasteiger partial charge in [-0.15, -0.1) is 0 Å². The standard InChI is InChI=1S/C20H35N3O/c1-4-5-19(24)23(13-12-22-10-8-21-9-11-22)15-16-6-7-17-14-18(16)20(17,2)3/h6,17-18,21H,4-5,7-15H2,1-3H3. The van der Waals surface area contributed by atoms with Crippen LogP contribution in [0, 0.1) is 17.3 Å². The van der Waals surface area contributed by atoms with Crippen molar-refractivity contribution in [2.75, 3.05) is 45.8 Å². The average molecular weight is 334 g/mol. The van der Waals surface area contributed by atoms with E-state index in [4.69, 9.17) is 0 Å². The van der Waals surface area contributed by atoms with Crippen LogP contribution in [-0.2, 0) is 4.79 Å². The van der Waals surface area contributed by atoms with Gasteiger partial charge in [-0.25, -0.2) is 0 Å². The Labute approximate surface area is 147 Å². The van der Waals surface area contributed by atoms with Crippen LogP contribution in [0.15, 0.2) is 11.6 Å². The molecule has 1 saturated carbocycles. The Morgan fingerprint density at radius 2 is 2.12 bits per heavy atom. The molecule has 0 aromatic carbocycles. The first-order chi connectivity index (χ1) is 11.5. The van der Waals surface area contributed by atoms with E-state index in [0.717, 1.165) is 58.2 Å². The molecule has 0 aromatic rings. The molecule has 4 rings (SSSR count). The Kier molecular flexibility index (Phi) is 5.66. The molecule has 2 atom stereocenters. The van der Waals surface area contributed by atoms with E-state index in [-0.39, 0.29) is 0 Å². The van der Waals surface area contributed by atoms with Crippen molar-refractivity contribution in [3.63, 3.8) is 0 Å². The van der Waals surface area contributed by atoms with E-state index >= 15 is 0 Å². The summed E-state index contributed by atoms with van der Waals surface area (Å²) in [5, 5.41) is 3.40. The van der Waals surface area contributed by atoms with E-state index in [0.29, 0.717) is 23.7 Å². The number of carbonyl (C=O) groups excluding carboxylic acids is 1. The fraction of sp³-hybridized carbons (Fsp3) is 0.850. The van der Waals surface area contributed by atoms with Crippen LogP contribution in [-0.4, -0.2) is 61.5 Å². The molecule has 0 radical (unpaired) electrons. The van der Waals surface area contributed by atoms with Gasteiger partial charge in [-0.2, -0.15) is 0 Å². The summed E-state index contributed by atoms with van der Waals surface area (Å²) >= 11 is 0. The summed E-state index contributed by atoms with van der Waals surface area (Å²) in [6.45, 7) is 14.1. The molecule has 4 nitrogen and oxygen atoms in total. The molecule has 2 unspecified atom stereocenters. The van der Waals surface area contributed by atoms with Gasteiger partial charge in [-0.1, -0.05) is 32.4 Å². The van der Waals surface area contributed by atoms with Crippen molar-refractivity contribution in [1.29, 1.82) is 0 Å². The second-order valence-electron chi connectivity index (χ2n) is 8.48. The van der Waals surface area contributed by atoms with Gasteiger partial charge in [0, 0.05) is 52.2 Å². The summed E-state index contributed by atoms with van der Waals surface area (Å²) in [5.41, 5.74) is 1.98. The maximum atomic E-state index is 12.6. The van der Waals surface area contributed by atoms with Crippen molar-refractivity contribution in [2.24, 2.45) is 17.3 Å². The Bertz CT molecular complexity index is 479. The predicted octanol–water partition coefficient (Wildman–Crippen LogP) is 2.51. The molecular formula is C20H35N3O. The van der Waals surface area contributed by atoms with Crippen molar-refractivity contribution < 1.29 is 4.79 Å². The number of nitrogens with zero attached hydrogens (tertiary/aromatic N) is 2. The lowest BCUT2D eigenvalue weighted by Crippen LogP contribution is -2.51. The van der Waals surface area contributed by atoms with Crippen LogP contribution >= 0.6 is 0 Å². The third-order valence-corrected chi connectivity index (χ3v) is 6.67. The van der Waals surface area contributed by atoms with Gasteiger partial charge in [0.25, 0.3) is 0 Å². The summed E-state index contributed by atoms with van der Waals surface area (Å²) in [6.07, 6.45) is 6.63. The number of hydrogen-bond donors (Lipinski definition) is 1. The van der Waals surface area contributed by atoms with E-state index < -0.39 is 0 Å². The molecule has 4 heteroatoms. The van der Waals surface area contributed by atoms with Gasteiger partial charge in [-0.05, 0) is 36.5 Å². The minimum absolute atomic E-state index is 0.341. The zero-order chi connectivity index (χ0) is 17.2. The van der Waals surface area contributed by atoms with Crippen molar-refractivity contribution in [3.8, 4) is 0 Å². The third-order valence-electron chi connectivity index (χ3n) is 6.67. The Morgan fingerprint density at radius 3 is 2.75 bits per heavy atom. The Hall–Kier alpha value is -0.870. The van der Waals surface area contributed by atoms with Gasteiger partial charge in [-0.3, -0.25) is 9.69 Å². The van der Waals surface area contributed by atoms with Crippen LogP contribution in [0.3, 0.4) is 0 Å². The smallest absolute Gasteiger partial charge is 0.222 e. The molecule has 1 N–H and O–H groups in total. The summed E-state index contributed by atoms with van der Waals surface area (Å²) in [6, 6.07) is 0. The van der Waals surface area contributed by atoms with Crippen molar-refractivity contribution in [1.82, 2.24) is 15.1 Å². The van der Waals surface area contributed by atoms with Crippen LogP contribution in [0.25, 0.3) is 0 Å². The molecule has 1 saturated heterocycles. The number of hydrogen-bond acceptors (Lipinski definition) is 3. The van der Waals surface area contributed by atoms with Gasteiger partial charge in [0.05, 0.1) is 0 Å². The fourth-order valence-corrected chi connectivity index (χ4v) is 4.74. The van der Waals surface area contributed by atoms with E-state index in [1.54, 1.807) is 0 Å². The van der Waals surface area contributed by atoms with Crippen LogP contribution in [0.5, 0.6) is 0 Å². The zero-order valence-electron chi connectivity index (χ0n) is 15.8. The summed E-state index contributed by atoms with van der Waals surface area (Å²) in [4.78, 5) is 17.3. The van der Waals surface area contributed by atoms with Crippen LogP contribution in [0.4, 0.5) is 0 Å². The number of rotatable bonds is 7. The second kappa shape index (κ2) is 7.57. The minimum Gasteiger partial charge on any atom is -0.337 e. The Morgan fingerprint density at radius 1 is 1.38 bits per heavy atom. The van der Waals surface area contributed by atoms with Crippen LogP contribution in [0.2, 0.25) is 0 Å².